The van der Waals surface area contributed by atoms with E-state index in [9.17, 15) is 9.18 Å². The number of halogens is 1. The molecule has 0 unspecified atom stereocenters. The lowest BCUT2D eigenvalue weighted by Gasteiger charge is -2.26. The second-order valence-electron chi connectivity index (χ2n) is 6.61. The molecule has 2 N–H and O–H groups in total. The number of benzene rings is 3. The van der Waals surface area contributed by atoms with E-state index in [-0.39, 0.29) is 17.7 Å². The molecule has 1 aromatic heterocycles. The Hall–Kier alpha value is -4.00. The molecule has 0 spiro atoms. The van der Waals surface area contributed by atoms with Gasteiger partial charge >= 0.3 is 0 Å². The van der Waals surface area contributed by atoms with Crippen LogP contribution >= 0.6 is 0 Å². The number of hydrogen-bond donors (Lipinski definition) is 2. The number of anilines is 1. The maximum Gasteiger partial charge on any atom is 0.249 e. The molecule has 1 amide bonds. The topological polar surface area (TPSA) is 79.9 Å². The Morgan fingerprint density at radius 2 is 1.55 bits per heavy atom. The molecule has 142 valence electrons. The molecule has 3 aromatic carbocycles. The van der Waals surface area contributed by atoms with Crippen molar-refractivity contribution in [2.75, 3.05) is 5.32 Å². The van der Waals surface area contributed by atoms with Crippen LogP contribution in [0.25, 0.3) is 11.4 Å². The third-order valence-corrected chi connectivity index (χ3v) is 4.78. The number of nitrogens with zero attached hydrogens (tertiary/aromatic N) is 2. The van der Waals surface area contributed by atoms with Crippen LogP contribution in [-0.2, 0) is 4.79 Å². The zero-order valence-corrected chi connectivity index (χ0v) is 15.1. The van der Waals surface area contributed by atoms with E-state index in [2.05, 4.69) is 20.5 Å². The van der Waals surface area contributed by atoms with Crippen LogP contribution < -0.4 is 10.1 Å². The molecular formula is C22H15FN4O2. The monoisotopic (exact) mass is 386 g/mol. The van der Waals surface area contributed by atoms with Gasteiger partial charge in [-0.3, -0.25) is 15.2 Å². The quantitative estimate of drug-likeness (QED) is 0.544. The van der Waals surface area contributed by atoms with Crippen LogP contribution in [-0.4, -0.2) is 21.1 Å². The average molecular weight is 386 g/mol. The van der Waals surface area contributed by atoms with Crippen LogP contribution in [0, 0.1) is 5.82 Å². The van der Waals surface area contributed by atoms with Crippen LogP contribution in [0.3, 0.4) is 0 Å². The number of amides is 1. The molecule has 0 saturated heterocycles. The van der Waals surface area contributed by atoms with Crippen LogP contribution in [0.1, 0.15) is 17.0 Å². The minimum Gasteiger partial charge on any atom is -0.457 e. The van der Waals surface area contributed by atoms with Gasteiger partial charge in [0, 0.05) is 16.7 Å². The number of carbonyl (C=O) groups excluding carboxylic acids is 1. The van der Waals surface area contributed by atoms with Crippen molar-refractivity contribution in [2.24, 2.45) is 0 Å². The van der Waals surface area contributed by atoms with Gasteiger partial charge in [-0.2, -0.15) is 4.98 Å². The number of hydrogen-bond acceptors (Lipinski definition) is 4. The number of rotatable bonds is 3. The van der Waals surface area contributed by atoms with Gasteiger partial charge in [0.1, 0.15) is 17.3 Å². The van der Waals surface area contributed by atoms with E-state index < -0.39 is 5.92 Å². The summed E-state index contributed by atoms with van der Waals surface area (Å²) in [5.41, 5.74) is 2.22. The fourth-order valence-corrected chi connectivity index (χ4v) is 3.43. The molecule has 4 aromatic rings. The number of para-hydroxylation sites is 2. The SMILES string of the molecule is O=C(Nc1n[nH]c(-c2ccc(F)cc2)n1)C1c2ccccc2Oc2ccccc21. The standard InChI is InChI=1S/C22H15FN4O2/c23-14-11-9-13(10-12-14)20-24-22(27-26-20)25-21(28)19-15-5-1-3-7-17(15)29-18-8-4-2-6-16(18)19/h1-12,19H,(H2,24,25,26,27,28). The molecule has 2 heterocycles. The zero-order valence-electron chi connectivity index (χ0n) is 15.1. The largest absolute Gasteiger partial charge is 0.457 e. The van der Waals surface area contributed by atoms with E-state index in [1.807, 2.05) is 48.5 Å². The summed E-state index contributed by atoms with van der Waals surface area (Å²) in [5.74, 6) is 0.728. The van der Waals surface area contributed by atoms with Gasteiger partial charge in [0.25, 0.3) is 0 Å². The molecule has 0 saturated carbocycles. The van der Waals surface area contributed by atoms with Crippen molar-refractivity contribution < 1.29 is 13.9 Å². The highest BCUT2D eigenvalue weighted by Gasteiger charge is 2.32. The minimum atomic E-state index is -0.552. The lowest BCUT2D eigenvalue weighted by molar-refractivity contribution is -0.116. The number of fused-ring (bicyclic) bond motifs is 2. The first-order valence-electron chi connectivity index (χ1n) is 9.04. The first kappa shape index (κ1) is 17.1. The third kappa shape index (κ3) is 3.12. The van der Waals surface area contributed by atoms with Crippen molar-refractivity contribution in [1.29, 1.82) is 0 Å². The zero-order chi connectivity index (χ0) is 19.8. The van der Waals surface area contributed by atoms with Gasteiger partial charge in [0.2, 0.25) is 11.9 Å². The Kier molecular flexibility index (Phi) is 4.05. The third-order valence-electron chi connectivity index (χ3n) is 4.78. The van der Waals surface area contributed by atoms with Crippen molar-refractivity contribution in [3.63, 3.8) is 0 Å². The molecule has 1 aliphatic heterocycles. The summed E-state index contributed by atoms with van der Waals surface area (Å²) in [7, 11) is 0. The molecular weight excluding hydrogens is 371 g/mol. The number of carbonyl (C=O) groups is 1. The van der Waals surface area contributed by atoms with E-state index in [1.54, 1.807) is 12.1 Å². The molecule has 0 fully saturated rings. The smallest absolute Gasteiger partial charge is 0.249 e. The maximum atomic E-state index is 13.2. The minimum absolute atomic E-state index is 0.149. The van der Waals surface area contributed by atoms with Crippen LogP contribution in [0.15, 0.2) is 72.8 Å². The van der Waals surface area contributed by atoms with Crippen molar-refractivity contribution in [3.8, 4) is 22.9 Å². The van der Waals surface area contributed by atoms with E-state index in [0.29, 0.717) is 22.9 Å². The molecule has 6 nitrogen and oxygen atoms in total. The summed E-state index contributed by atoms with van der Waals surface area (Å²) in [4.78, 5) is 17.5. The van der Waals surface area contributed by atoms with Gasteiger partial charge in [-0.05, 0) is 36.4 Å². The van der Waals surface area contributed by atoms with Crippen molar-refractivity contribution >= 4 is 11.9 Å². The normalized spacial score (nSPS) is 12.6. The Bertz CT molecular complexity index is 1160. The summed E-state index contributed by atoms with van der Waals surface area (Å²) < 4.78 is 19.0. The summed E-state index contributed by atoms with van der Waals surface area (Å²) in [5, 5.41) is 9.61. The number of aromatic amines is 1. The number of nitrogens with one attached hydrogen (secondary N) is 2. The molecule has 1 aliphatic rings. The van der Waals surface area contributed by atoms with Crippen LogP contribution in [0.4, 0.5) is 10.3 Å². The lowest BCUT2D eigenvalue weighted by Crippen LogP contribution is -2.25. The highest BCUT2D eigenvalue weighted by atomic mass is 19.1. The summed E-state index contributed by atoms with van der Waals surface area (Å²) >= 11 is 0. The molecule has 5 rings (SSSR count). The van der Waals surface area contributed by atoms with Gasteiger partial charge in [-0.1, -0.05) is 36.4 Å². The predicted molar refractivity (Wildman–Crippen MR) is 105 cm³/mol. The summed E-state index contributed by atoms with van der Waals surface area (Å²) in [6, 6.07) is 20.8. The number of aromatic nitrogens is 3. The second-order valence-corrected chi connectivity index (χ2v) is 6.61. The number of H-pyrrole nitrogens is 1. The molecule has 0 aliphatic carbocycles. The first-order valence-corrected chi connectivity index (χ1v) is 9.04. The highest BCUT2D eigenvalue weighted by Crippen LogP contribution is 2.44. The fourth-order valence-electron chi connectivity index (χ4n) is 3.43. The van der Waals surface area contributed by atoms with E-state index >= 15 is 0 Å². The van der Waals surface area contributed by atoms with E-state index in [0.717, 1.165) is 11.1 Å². The Labute approximate surface area is 165 Å². The lowest BCUT2D eigenvalue weighted by atomic mass is 9.87. The van der Waals surface area contributed by atoms with Gasteiger partial charge in [-0.25, -0.2) is 4.39 Å². The van der Waals surface area contributed by atoms with Crippen LogP contribution in [0.5, 0.6) is 11.5 Å². The van der Waals surface area contributed by atoms with Crippen LogP contribution in [0.2, 0.25) is 0 Å². The highest BCUT2D eigenvalue weighted by molar-refractivity contribution is 5.98. The molecule has 0 radical (unpaired) electrons. The Balaban J connectivity index is 1.45. The summed E-state index contributed by atoms with van der Waals surface area (Å²) in [6.07, 6.45) is 0. The van der Waals surface area contributed by atoms with Crippen molar-refractivity contribution in [3.05, 3.63) is 89.7 Å². The average Bonchev–Trinajstić information content (AvgIpc) is 3.20. The number of ether oxygens (including phenoxy) is 1. The van der Waals surface area contributed by atoms with Crippen molar-refractivity contribution in [1.82, 2.24) is 15.2 Å². The fraction of sp³-hybridized carbons (Fsp3) is 0.0455. The molecule has 29 heavy (non-hydrogen) atoms. The molecule has 7 heteroatoms. The van der Waals surface area contributed by atoms with Crippen molar-refractivity contribution in [2.45, 2.75) is 5.92 Å². The molecule has 0 bridgehead atoms. The Morgan fingerprint density at radius 3 is 2.21 bits per heavy atom. The maximum absolute atomic E-state index is 13.2. The van der Waals surface area contributed by atoms with Gasteiger partial charge in [0.15, 0.2) is 5.82 Å². The van der Waals surface area contributed by atoms with Gasteiger partial charge in [-0.15, -0.1) is 5.10 Å². The van der Waals surface area contributed by atoms with E-state index in [1.165, 1.54) is 12.1 Å². The van der Waals surface area contributed by atoms with Gasteiger partial charge < -0.3 is 4.74 Å². The van der Waals surface area contributed by atoms with Gasteiger partial charge in [0.05, 0.1) is 5.92 Å². The molecule has 0 atom stereocenters. The predicted octanol–water partition coefficient (Wildman–Crippen LogP) is 4.49. The van der Waals surface area contributed by atoms with E-state index in [4.69, 9.17) is 4.74 Å². The Morgan fingerprint density at radius 1 is 0.931 bits per heavy atom. The first-order chi connectivity index (χ1) is 14.2. The summed E-state index contributed by atoms with van der Waals surface area (Å²) in [6.45, 7) is 0. The second kappa shape index (κ2) is 6.87.